The summed E-state index contributed by atoms with van der Waals surface area (Å²) in [5, 5.41) is 9.27. The Bertz CT molecular complexity index is 375. The van der Waals surface area contributed by atoms with Crippen LogP contribution in [0, 0.1) is 5.92 Å². The van der Waals surface area contributed by atoms with Crippen LogP contribution in [0.5, 0.6) is 0 Å². The van der Waals surface area contributed by atoms with Crippen LogP contribution in [0.25, 0.3) is 0 Å². The van der Waals surface area contributed by atoms with Crippen LogP contribution in [-0.2, 0) is 0 Å². The lowest BCUT2D eigenvalue weighted by Crippen LogP contribution is -2.37. The third-order valence-electron chi connectivity index (χ3n) is 3.43. The van der Waals surface area contributed by atoms with Crippen molar-refractivity contribution in [2.24, 2.45) is 11.7 Å². The van der Waals surface area contributed by atoms with Crippen molar-refractivity contribution in [2.45, 2.75) is 31.9 Å². The van der Waals surface area contributed by atoms with Gasteiger partial charge >= 0.3 is 0 Å². The molecule has 1 aromatic rings. The van der Waals surface area contributed by atoms with E-state index in [1.165, 1.54) is 0 Å². The second kappa shape index (κ2) is 5.02. The van der Waals surface area contributed by atoms with Crippen LogP contribution < -0.4 is 10.6 Å². The molecule has 1 aromatic heterocycles. The van der Waals surface area contributed by atoms with Gasteiger partial charge in [0.05, 0.1) is 6.10 Å². The van der Waals surface area contributed by atoms with Crippen LogP contribution in [0.2, 0.25) is 0 Å². The predicted octanol–water partition coefficient (Wildman–Crippen LogP) is 1.31. The van der Waals surface area contributed by atoms with E-state index in [1.54, 1.807) is 6.20 Å². The van der Waals surface area contributed by atoms with E-state index in [2.05, 4.69) is 9.88 Å². The molecule has 0 aromatic carbocycles. The third-order valence-corrected chi connectivity index (χ3v) is 3.43. The van der Waals surface area contributed by atoms with Crippen LogP contribution in [-0.4, -0.2) is 29.8 Å². The van der Waals surface area contributed by atoms with Gasteiger partial charge in [-0.1, -0.05) is 0 Å². The van der Waals surface area contributed by atoms with E-state index in [4.69, 9.17) is 5.73 Å². The number of aliphatic hydroxyl groups excluding tert-OH is 1. The van der Waals surface area contributed by atoms with Gasteiger partial charge < -0.3 is 15.7 Å². The fourth-order valence-corrected chi connectivity index (χ4v) is 2.26. The number of aromatic nitrogens is 1. The topological polar surface area (TPSA) is 62.4 Å². The van der Waals surface area contributed by atoms with E-state index in [-0.39, 0.29) is 12.1 Å². The van der Waals surface area contributed by atoms with Gasteiger partial charge in [-0.25, -0.2) is 4.98 Å². The van der Waals surface area contributed by atoms with Gasteiger partial charge in [0.1, 0.15) is 5.82 Å². The molecular formula is C13H21N3O. The van der Waals surface area contributed by atoms with E-state index in [9.17, 15) is 5.11 Å². The number of aliphatic hydroxyl groups is 1. The second-order valence-electron chi connectivity index (χ2n) is 5.11. The molecule has 2 rings (SSSR count). The van der Waals surface area contributed by atoms with Crippen molar-refractivity contribution >= 4 is 5.82 Å². The zero-order valence-electron chi connectivity index (χ0n) is 10.5. The molecule has 1 aliphatic rings. The van der Waals surface area contributed by atoms with Gasteiger partial charge in [-0.05, 0) is 43.4 Å². The van der Waals surface area contributed by atoms with Gasteiger partial charge in [-0.2, -0.15) is 0 Å². The zero-order chi connectivity index (χ0) is 12.4. The maximum atomic E-state index is 9.27. The Morgan fingerprint density at radius 2 is 2.29 bits per heavy atom. The first-order chi connectivity index (χ1) is 8.06. The molecule has 0 amide bonds. The summed E-state index contributed by atoms with van der Waals surface area (Å²) in [4.78, 5) is 6.50. The number of rotatable bonds is 4. The predicted molar refractivity (Wildman–Crippen MR) is 68.8 cm³/mol. The molecule has 0 saturated heterocycles. The van der Waals surface area contributed by atoms with E-state index in [1.807, 2.05) is 26.1 Å². The van der Waals surface area contributed by atoms with Crippen molar-refractivity contribution < 1.29 is 5.11 Å². The summed E-state index contributed by atoms with van der Waals surface area (Å²) in [6.45, 7) is 2.92. The Morgan fingerprint density at radius 3 is 2.88 bits per heavy atom. The van der Waals surface area contributed by atoms with Gasteiger partial charge in [-0.15, -0.1) is 0 Å². The highest BCUT2D eigenvalue weighted by molar-refractivity contribution is 5.41. The van der Waals surface area contributed by atoms with Crippen LogP contribution >= 0.6 is 0 Å². The summed E-state index contributed by atoms with van der Waals surface area (Å²) in [6.07, 6.45) is 3.55. The summed E-state index contributed by atoms with van der Waals surface area (Å²) in [7, 11) is 2.04. The summed E-state index contributed by atoms with van der Waals surface area (Å²) >= 11 is 0. The SMILES string of the molecule is C[C@H](N)c1ccnc(N(C)CC2CC(O)C2)c1. The second-order valence-corrected chi connectivity index (χ2v) is 5.11. The first-order valence-electron chi connectivity index (χ1n) is 6.17. The molecule has 17 heavy (non-hydrogen) atoms. The normalized spacial score (nSPS) is 25.2. The smallest absolute Gasteiger partial charge is 0.128 e. The molecular weight excluding hydrogens is 214 g/mol. The van der Waals surface area contributed by atoms with Crippen molar-refractivity contribution in [3.8, 4) is 0 Å². The molecule has 1 atom stereocenters. The number of hydrogen-bond acceptors (Lipinski definition) is 4. The van der Waals surface area contributed by atoms with E-state index in [0.717, 1.165) is 30.8 Å². The van der Waals surface area contributed by atoms with Crippen molar-refractivity contribution in [1.82, 2.24) is 4.98 Å². The Hall–Kier alpha value is -1.13. The molecule has 0 unspecified atom stereocenters. The highest BCUT2D eigenvalue weighted by Crippen LogP contribution is 2.28. The largest absolute Gasteiger partial charge is 0.393 e. The molecule has 1 aliphatic carbocycles. The summed E-state index contributed by atoms with van der Waals surface area (Å²) < 4.78 is 0. The Balaban J connectivity index is 1.98. The molecule has 94 valence electrons. The molecule has 1 saturated carbocycles. The van der Waals surface area contributed by atoms with Gasteiger partial charge in [0.2, 0.25) is 0 Å². The number of nitrogens with zero attached hydrogens (tertiary/aromatic N) is 2. The third kappa shape index (κ3) is 2.96. The van der Waals surface area contributed by atoms with Crippen molar-refractivity contribution in [3.05, 3.63) is 23.9 Å². The number of pyridine rings is 1. The lowest BCUT2D eigenvalue weighted by Gasteiger charge is -2.34. The van der Waals surface area contributed by atoms with Crippen LogP contribution in [0.15, 0.2) is 18.3 Å². The minimum absolute atomic E-state index is 0.0377. The molecule has 1 heterocycles. The lowest BCUT2D eigenvalue weighted by atomic mass is 9.82. The average molecular weight is 235 g/mol. The van der Waals surface area contributed by atoms with Gasteiger partial charge in [-0.3, -0.25) is 0 Å². The molecule has 0 radical (unpaired) electrons. The highest BCUT2D eigenvalue weighted by Gasteiger charge is 2.28. The van der Waals surface area contributed by atoms with Gasteiger partial charge in [0.15, 0.2) is 0 Å². The molecule has 3 N–H and O–H groups in total. The molecule has 0 spiro atoms. The summed E-state index contributed by atoms with van der Waals surface area (Å²) in [6, 6.07) is 4.03. The Labute approximate surface area is 102 Å². The van der Waals surface area contributed by atoms with Crippen molar-refractivity contribution in [1.29, 1.82) is 0 Å². The minimum atomic E-state index is -0.0863. The molecule has 4 heteroatoms. The number of hydrogen-bond donors (Lipinski definition) is 2. The van der Waals surface area contributed by atoms with Gasteiger partial charge in [0, 0.05) is 25.8 Å². The van der Waals surface area contributed by atoms with Crippen LogP contribution in [0.4, 0.5) is 5.82 Å². The average Bonchev–Trinajstić information content (AvgIpc) is 2.27. The lowest BCUT2D eigenvalue weighted by molar-refractivity contribution is 0.0464. The van der Waals surface area contributed by atoms with E-state index in [0.29, 0.717) is 5.92 Å². The minimum Gasteiger partial charge on any atom is -0.393 e. The first kappa shape index (κ1) is 12.3. The van der Waals surface area contributed by atoms with Gasteiger partial charge in [0.25, 0.3) is 0 Å². The molecule has 0 bridgehead atoms. The zero-order valence-corrected chi connectivity index (χ0v) is 10.5. The fourth-order valence-electron chi connectivity index (χ4n) is 2.26. The molecule has 1 fully saturated rings. The number of anilines is 1. The van der Waals surface area contributed by atoms with E-state index >= 15 is 0 Å². The van der Waals surface area contributed by atoms with Crippen molar-refractivity contribution in [3.63, 3.8) is 0 Å². The number of nitrogens with two attached hydrogens (primary N) is 1. The monoisotopic (exact) mass is 235 g/mol. The molecule has 4 nitrogen and oxygen atoms in total. The summed E-state index contributed by atoms with van der Waals surface area (Å²) in [5.41, 5.74) is 6.97. The molecule has 0 aliphatic heterocycles. The van der Waals surface area contributed by atoms with Crippen molar-refractivity contribution in [2.75, 3.05) is 18.5 Å². The maximum absolute atomic E-state index is 9.27. The Morgan fingerprint density at radius 1 is 1.59 bits per heavy atom. The summed E-state index contributed by atoms with van der Waals surface area (Å²) in [5.74, 6) is 1.55. The van der Waals surface area contributed by atoms with Crippen LogP contribution in [0.1, 0.15) is 31.4 Å². The first-order valence-corrected chi connectivity index (χ1v) is 6.17. The standard InChI is InChI=1S/C13H21N3O/c1-9(14)11-3-4-15-13(7-11)16(2)8-10-5-12(17)6-10/h3-4,7,9-10,12,17H,5-6,8,14H2,1-2H3/t9-,10?,12?/m0/s1. The Kier molecular flexibility index (Phi) is 3.64. The fraction of sp³-hybridized carbons (Fsp3) is 0.615. The van der Waals surface area contributed by atoms with E-state index < -0.39 is 0 Å². The quantitative estimate of drug-likeness (QED) is 0.826. The maximum Gasteiger partial charge on any atom is 0.128 e. The van der Waals surface area contributed by atoms with Crippen LogP contribution in [0.3, 0.4) is 0 Å². The highest BCUT2D eigenvalue weighted by atomic mass is 16.3.